The van der Waals surface area contributed by atoms with Gasteiger partial charge in [0.15, 0.2) is 0 Å². The van der Waals surface area contributed by atoms with E-state index >= 15 is 0 Å². The van der Waals surface area contributed by atoms with Crippen molar-refractivity contribution in [2.24, 2.45) is 5.92 Å². The summed E-state index contributed by atoms with van der Waals surface area (Å²) < 4.78 is 0. The summed E-state index contributed by atoms with van der Waals surface area (Å²) in [4.78, 5) is 12.8. The highest BCUT2D eigenvalue weighted by Gasteiger charge is 2.31. The number of aryl methyl sites for hydroxylation is 1. The summed E-state index contributed by atoms with van der Waals surface area (Å²) in [6, 6.07) is 5.72. The van der Waals surface area contributed by atoms with Gasteiger partial charge in [0, 0.05) is 6.54 Å². The minimum Gasteiger partial charge on any atom is -0.394 e. The van der Waals surface area contributed by atoms with Crippen LogP contribution in [-0.4, -0.2) is 42.9 Å². The zero-order chi connectivity index (χ0) is 18.1. The maximum absolute atomic E-state index is 12.8. The number of amides is 1. The molecule has 4 rings (SSSR count). The molecule has 6 heteroatoms. The molecule has 3 aliphatic rings. The van der Waals surface area contributed by atoms with E-state index in [-0.39, 0.29) is 24.6 Å². The van der Waals surface area contributed by atoms with Gasteiger partial charge in [0.05, 0.1) is 29.9 Å². The Morgan fingerprint density at radius 3 is 3.04 bits per heavy atom. The van der Waals surface area contributed by atoms with Gasteiger partial charge in [-0.05, 0) is 49.6 Å². The summed E-state index contributed by atoms with van der Waals surface area (Å²) >= 11 is 0. The highest BCUT2D eigenvalue weighted by Crippen LogP contribution is 2.31. The predicted octanol–water partition coefficient (Wildman–Crippen LogP) is 1.50. The molecule has 1 aromatic rings. The molecule has 138 valence electrons. The van der Waals surface area contributed by atoms with Crippen LogP contribution in [0.3, 0.4) is 0 Å². The molecule has 0 radical (unpaired) electrons. The first-order valence-electron chi connectivity index (χ1n) is 9.29. The predicted molar refractivity (Wildman–Crippen MR) is 103 cm³/mol. The van der Waals surface area contributed by atoms with E-state index in [0.29, 0.717) is 0 Å². The first-order valence-corrected chi connectivity index (χ1v) is 9.29. The molecule has 0 saturated carbocycles. The SMILES string of the molecule is Cc1ccc2c(c1)NC([C@H](CO)NC(=O)C1C=CC3=C(CCNC3)C1)N2. The third kappa shape index (κ3) is 3.34. The number of hydrogen-bond donors (Lipinski definition) is 5. The second-order valence-electron chi connectivity index (χ2n) is 7.34. The minimum atomic E-state index is -0.396. The van der Waals surface area contributed by atoms with Crippen LogP contribution >= 0.6 is 0 Å². The van der Waals surface area contributed by atoms with E-state index in [0.717, 1.165) is 37.3 Å². The van der Waals surface area contributed by atoms with E-state index < -0.39 is 6.04 Å². The number of aliphatic hydroxyl groups is 1. The average molecular weight is 354 g/mol. The Balaban J connectivity index is 1.39. The van der Waals surface area contributed by atoms with Gasteiger partial charge in [0.25, 0.3) is 0 Å². The molecule has 2 heterocycles. The van der Waals surface area contributed by atoms with Crippen molar-refractivity contribution < 1.29 is 9.90 Å². The Hall–Kier alpha value is -2.31. The lowest BCUT2D eigenvalue weighted by atomic mass is 9.85. The number of benzene rings is 1. The Bertz CT molecular complexity index is 771. The van der Waals surface area contributed by atoms with E-state index in [1.165, 1.54) is 16.7 Å². The zero-order valence-corrected chi connectivity index (χ0v) is 15.0. The molecule has 1 amide bonds. The summed E-state index contributed by atoms with van der Waals surface area (Å²) in [6.07, 6.45) is 5.63. The zero-order valence-electron chi connectivity index (χ0n) is 15.0. The third-order valence-electron chi connectivity index (χ3n) is 5.43. The smallest absolute Gasteiger partial charge is 0.227 e. The number of rotatable bonds is 4. The molecule has 2 aliphatic heterocycles. The molecule has 1 aliphatic carbocycles. The first-order chi connectivity index (χ1) is 12.6. The van der Waals surface area contributed by atoms with Gasteiger partial charge < -0.3 is 26.4 Å². The van der Waals surface area contributed by atoms with Crippen LogP contribution in [0.5, 0.6) is 0 Å². The Morgan fingerprint density at radius 1 is 1.35 bits per heavy atom. The fourth-order valence-electron chi connectivity index (χ4n) is 3.90. The molecule has 0 bridgehead atoms. The summed E-state index contributed by atoms with van der Waals surface area (Å²) in [6.45, 7) is 3.79. The molecule has 5 N–H and O–H groups in total. The van der Waals surface area contributed by atoms with Gasteiger partial charge in [-0.15, -0.1) is 0 Å². The Labute approximate surface area is 153 Å². The van der Waals surface area contributed by atoms with Gasteiger partial charge in [-0.25, -0.2) is 0 Å². The van der Waals surface area contributed by atoms with Crippen LogP contribution < -0.4 is 21.3 Å². The van der Waals surface area contributed by atoms with Crippen molar-refractivity contribution in [1.29, 1.82) is 0 Å². The van der Waals surface area contributed by atoms with E-state index in [1.54, 1.807) is 0 Å². The average Bonchev–Trinajstić information content (AvgIpc) is 3.08. The molecular formula is C20H26N4O2. The van der Waals surface area contributed by atoms with Gasteiger partial charge >= 0.3 is 0 Å². The number of anilines is 2. The van der Waals surface area contributed by atoms with Crippen LogP contribution in [0.25, 0.3) is 0 Å². The molecule has 3 atom stereocenters. The molecule has 1 aromatic carbocycles. The number of hydrogen-bond acceptors (Lipinski definition) is 5. The number of carbonyl (C=O) groups excluding carboxylic acids is 1. The van der Waals surface area contributed by atoms with Crippen LogP contribution in [0.2, 0.25) is 0 Å². The standard InChI is InChI=1S/C20H26N4O2/c1-12-2-5-16-17(8-12)23-19(22-16)18(11-25)24-20(26)14-3-4-15-10-21-7-6-13(15)9-14/h2-5,8,14,18-19,21-23,25H,6-7,9-11H2,1H3,(H,24,26)/t14?,18-,19?/m0/s1. The molecule has 6 nitrogen and oxygen atoms in total. The van der Waals surface area contributed by atoms with Gasteiger partial charge in [-0.2, -0.15) is 0 Å². The van der Waals surface area contributed by atoms with Gasteiger partial charge in [0.1, 0.15) is 6.17 Å². The number of fused-ring (bicyclic) bond motifs is 1. The lowest BCUT2D eigenvalue weighted by Crippen LogP contribution is -2.52. The topological polar surface area (TPSA) is 85.4 Å². The fourth-order valence-corrected chi connectivity index (χ4v) is 3.90. The molecule has 0 aromatic heterocycles. The van der Waals surface area contributed by atoms with E-state index in [4.69, 9.17) is 0 Å². The highest BCUT2D eigenvalue weighted by molar-refractivity contribution is 5.82. The third-order valence-corrected chi connectivity index (χ3v) is 5.43. The summed E-state index contributed by atoms with van der Waals surface area (Å²) in [5.41, 5.74) is 5.87. The monoisotopic (exact) mass is 354 g/mol. The van der Waals surface area contributed by atoms with Crippen LogP contribution in [0, 0.1) is 12.8 Å². The van der Waals surface area contributed by atoms with Crippen molar-refractivity contribution in [3.8, 4) is 0 Å². The first kappa shape index (κ1) is 17.1. The minimum absolute atomic E-state index is 0.0267. The number of carbonyl (C=O) groups is 1. The van der Waals surface area contributed by atoms with Crippen molar-refractivity contribution in [2.75, 3.05) is 30.3 Å². The number of nitrogens with one attached hydrogen (secondary N) is 4. The fraction of sp³-hybridized carbons (Fsp3) is 0.450. The van der Waals surface area contributed by atoms with Crippen LogP contribution in [0.15, 0.2) is 41.5 Å². The second-order valence-corrected chi connectivity index (χ2v) is 7.34. The van der Waals surface area contributed by atoms with Crippen molar-refractivity contribution >= 4 is 17.3 Å². The molecule has 26 heavy (non-hydrogen) atoms. The van der Waals surface area contributed by atoms with Crippen molar-refractivity contribution in [2.45, 2.75) is 32.0 Å². The molecule has 2 unspecified atom stereocenters. The van der Waals surface area contributed by atoms with Crippen LogP contribution in [0.1, 0.15) is 18.4 Å². The second kappa shape index (κ2) is 7.13. The highest BCUT2D eigenvalue weighted by atomic mass is 16.3. The lowest BCUT2D eigenvalue weighted by molar-refractivity contribution is -0.124. The maximum Gasteiger partial charge on any atom is 0.227 e. The normalized spacial score (nSPS) is 25.0. The van der Waals surface area contributed by atoms with E-state index in [2.05, 4.69) is 33.4 Å². The quantitative estimate of drug-likeness (QED) is 0.566. The van der Waals surface area contributed by atoms with Crippen LogP contribution in [0.4, 0.5) is 11.4 Å². The van der Waals surface area contributed by atoms with Gasteiger partial charge in [-0.1, -0.05) is 23.8 Å². The lowest BCUT2D eigenvalue weighted by Gasteiger charge is -2.29. The van der Waals surface area contributed by atoms with Gasteiger partial charge in [-0.3, -0.25) is 4.79 Å². The molecule has 0 saturated heterocycles. The Morgan fingerprint density at radius 2 is 2.19 bits per heavy atom. The molecule has 0 spiro atoms. The van der Waals surface area contributed by atoms with E-state index in [1.807, 2.05) is 25.1 Å². The summed E-state index contributed by atoms with van der Waals surface area (Å²) in [5, 5.41) is 22.9. The maximum atomic E-state index is 12.8. The molecular weight excluding hydrogens is 328 g/mol. The summed E-state index contributed by atoms with van der Waals surface area (Å²) in [5.74, 6) is -0.187. The van der Waals surface area contributed by atoms with Crippen LogP contribution in [-0.2, 0) is 4.79 Å². The largest absolute Gasteiger partial charge is 0.394 e. The van der Waals surface area contributed by atoms with Gasteiger partial charge in [0.2, 0.25) is 5.91 Å². The number of aliphatic hydroxyl groups excluding tert-OH is 1. The summed E-state index contributed by atoms with van der Waals surface area (Å²) in [7, 11) is 0. The van der Waals surface area contributed by atoms with E-state index in [9.17, 15) is 9.90 Å². The molecule has 0 fully saturated rings. The van der Waals surface area contributed by atoms with Crippen molar-refractivity contribution in [3.05, 3.63) is 47.1 Å². The Kier molecular flexibility index (Phi) is 4.70. The van der Waals surface area contributed by atoms with Crippen molar-refractivity contribution in [3.63, 3.8) is 0 Å². The van der Waals surface area contributed by atoms with Crippen molar-refractivity contribution in [1.82, 2.24) is 10.6 Å².